The summed E-state index contributed by atoms with van der Waals surface area (Å²) in [5, 5.41) is 17.9. The van der Waals surface area contributed by atoms with E-state index in [9.17, 15) is 19.3 Å². The number of oxime groups is 1. The van der Waals surface area contributed by atoms with Gasteiger partial charge in [0.1, 0.15) is 7.11 Å². The number of rotatable bonds is 12. The highest BCUT2D eigenvalue weighted by Crippen LogP contribution is 2.43. The first-order valence-corrected chi connectivity index (χ1v) is 12.6. The summed E-state index contributed by atoms with van der Waals surface area (Å²) in [6.07, 6.45) is 0.202. The van der Waals surface area contributed by atoms with Crippen molar-refractivity contribution >= 4 is 25.9 Å². The third-order valence-corrected chi connectivity index (χ3v) is 4.25. The first-order valence-electron chi connectivity index (χ1n) is 11.1. The van der Waals surface area contributed by atoms with Crippen LogP contribution in [0.25, 0.3) is 0 Å². The molecule has 2 unspecified atom stereocenters. The van der Waals surface area contributed by atoms with Crippen LogP contribution in [0.5, 0.6) is 0 Å². The highest BCUT2D eigenvalue weighted by atomic mass is 31.2. The Morgan fingerprint density at radius 1 is 1.15 bits per heavy atom. The zero-order chi connectivity index (χ0) is 27.5. The molecule has 0 saturated carbocycles. The lowest BCUT2D eigenvalue weighted by atomic mass is 9.89. The van der Waals surface area contributed by atoms with E-state index in [2.05, 4.69) is 29.7 Å². The summed E-state index contributed by atoms with van der Waals surface area (Å²) in [5.74, 6) is -0.134. The van der Waals surface area contributed by atoms with Crippen LogP contribution in [0, 0.1) is 5.41 Å². The molecule has 0 bridgehead atoms. The van der Waals surface area contributed by atoms with Crippen LogP contribution in [0.4, 0.5) is 0 Å². The lowest BCUT2D eigenvalue weighted by Gasteiger charge is -2.27. The second kappa shape index (κ2) is 28.5. The Balaban J connectivity index is -0.000000129. The maximum atomic E-state index is 11.1. The normalized spacial score (nSPS) is 12.7. The number of aliphatic hydroxyl groups excluding tert-OH is 1. The van der Waals surface area contributed by atoms with Gasteiger partial charge in [-0.05, 0) is 13.8 Å². The first-order chi connectivity index (χ1) is 15.4. The van der Waals surface area contributed by atoms with Crippen LogP contribution in [0.15, 0.2) is 5.16 Å². The highest BCUT2D eigenvalue weighted by Gasteiger charge is 2.29. The molecule has 2 atom stereocenters. The smallest absolute Gasteiger partial charge is 0.399 e. The quantitative estimate of drug-likeness (QED) is 0.104. The molecule has 0 spiro atoms. The number of carbonyl (C=O) groups excluding carboxylic acids is 2. The number of phosphoric ester groups is 1. The number of phosphoric acid groups is 1. The number of aliphatic hydroxyl groups is 1. The lowest BCUT2D eigenvalue weighted by molar-refractivity contribution is -0.120. The standard InChI is InChI=1S/C8H15N3O3.C7H17O5P.3C2H6/c1-7(11-14-2)5-10-8(13)3-4-9-6-12;1-6(8)7(2,3)5-12-13(9,10)11-4;3*1-2/h6H,3-5H2,1-2H3,(H,9,12)(H,10,13);6,8H,5H2,1-4H3,(H,9,10);3*1-2H3/b11-7+;;;;. The lowest BCUT2D eigenvalue weighted by Crippen LogP contribution is -2.31. The third kappa shape index (κ3) is 32.7. The maximum Gasteiger partial charge on any atom is 0.471 e. The molecule has 12 heteroatoms. The molecule has 0 aromatic heterocycles. The van der Waals surface area contributed by atoms with E-state index in [0.29, 0.717) is 25.2 Å². The minimum Gasteiger partial charge on any atom is -0.399 e. The second-order valence-electron chi connectivity index (χ2n) is 6.20. The average molecular weight is 504 g/mol. The van der Waals surface area contributed by atoms with Crippen molar-refractivity contribution in [3.8, 4) is 0 Å². The number of carbonyl (C=O) groups is 2. The summed E-state index contributed by atoms with van der Waals surface area (Å²) in [5.41, 5.74) is 0.112. The van der Waals surface area contributed by atoms with E-state index in [0.717, 1.165) is 7.11 Å². The number of hydrogen-bond acceptors (Lipinski definition) is 8. The zero-order valence-electron chi connectivity index (χ0n) is 22.7. The van der Waals surface area contributed by atoms with Crippen LogP contribution in [0.1, 0.15) is 75.7 Å². The van der Waals surface area contributed by atoms with Crippen molar-refractivity contribution in [3.05, 3.63) is 0 Å². The molecule has 11 nitrogen and oxygen atoms in total. The number of nitrogens with zero attached hydrogens (tertiary/aromatic N) is 1. The summed E-state index contributed by atoms with van der Waals surface area (Å²) in [4.78, 5) is 34.3. The monoisotopic (exact) mass is 503 g/mol. The van der Waals surface area contributed by atoms with Crippen molar-refractivity contribution in [1.82, 2.24) is 10.6 Å². The highest BCUT2D eigenvalue weighted by molar-refractivity contribution is 7.47. The summed E-state index contributed by atoms with van der Waals surface area (Å²) < 4.78 is 19.7. The SMILES string of the molecule is CC.CC.CC.CO/N=C(\C)CNC(=O)CCNC=O.COP(=O)(O)OCC(C)(C)C(C)O. The van der Waals surface area contributed by atoms with Crippen LogP contribution >= 0.6 is 7.82 Å². The molecular weight excluding hydrogens is 453 g/mol. The van der Waals surface area contributed by atoms with Crippen LogP contribution in [-0.4, -0.2) is 68.0 Å². The van der Waals surface area contributed by atoms with E-state index in [-0.39, 0.29) is 18.9 Å². The molecule has 33 heavy (non-hydrogen) atoms. The molecule has 0 heterocycles. The molecule has 0 fully saturated rings. The van der Waals surface area contributed by atoms with Crippen molar-refractivity contribution < 1.29 is 38.0 Å². The van der Waals surface area contributed by atoms with Crippen molar-refractivity contribution in [2.24, 2.45) is 10.6 Å². The molecule has 0 rings (SSSR count). The van der Waals surface area contributed by atoms with Gasteiger partial charge >= 0.3 is 7.82 Å². The third-order valence-electron chi connectivity index (χ3n) is 3.33. The van der Waals surface area contributed by atoms with Gasteiger partial charge in [-0.15, -0.1) is 0 Å². The Bertz CT molecular complexity index is 516. The van der Waals surface area contributed by atoms with Crippen LogP contribution in [-0.2, 0) is 28.0 Å². The molecule has 0 aliphatic rings. The Hall–Kier alpha value is -1.52. The summed E-state index contributed by atoms with van der Waals surface area (Å²) >= 11 is 0. The predicted octanol–water partition coefficient (Wildman–Crippen LogP) is 3.50. The Morgan fingerprint density at radius 2 is 1.64 bits per heavy atom. The minimum absolute atomic E-state index is 0.0354. The fraction of sp³-hybridized carbons (Fsp3) is 0.857. The largest absolute Gasteiger partial charge is 0.471 e. The van der Waals surface area contributed by atoms with Gasteiger partial charge < -0.3 is 25.5 Å². The summed E-state index contributed by atoms with van der Waals surface area (Å²) in [6.45, 7) is 19.5. The van der Waals surface area contributed by atoms with E-state index < -0.39 is 19.3 Å². The fourth-order valence-corrected chi connectivity index (χ4v) is 1.77. The van der Waals surface area contributed by atoms with Crippen LogP contribution in [0.3, 0.4) is 0 Å². The van der Waals surface area contributed by atoms with Gasteiger partial charge in [-0.1, -0.05) is 60.5 Å². The van der Waals surface area contributed by atoms with Crippen molar-refractivity contribution in [2.45, 2.75) is 81.8 Å². The molecule has 4 N–H and O–H groups in total. The maximum absolute atomic E-state index is 11.1. The van der Waals surface area contributed by atoms with Gasteiger partial charge in [-0.3, -0.25) is 18.6 Å². The van der Waals surface area contributed by atoms with Crippen LogP contribution in [0.2, 0.25) is 0 Å². The van der Waals surface area contributed by atoms with Gasteiger partial charge in [0.2, 0.25) is 12.3 Å². The van der Waals surface area contributed by atoms with E-state index in [1.54, 1.807) is 27.7 Å². The summed E-state index contributed by atoms with van der Waals surface area (Å²) in [7, 11) is -1.38. The average Bonchev–Trinajstić information content (AvgIpc) is 2.81. The van der Waals surface area contributed by atoms with E-state index in [1.807, 2.05) is 41.5 Å². The Kier molecular flexibility index (Phi) is 36.0. The molecule has 0 aliphatic heterocycles. The molecule has 202 valence electrons. The fourth-order valence-electron chi connectivity index (χ4n) is 1.17. The molecule has 0 radical (unpaired) electrons. The second-order valence-corrected chi connectivity index (χ2v) is 7.76. The zero-order valence-corrected chi connectivity index (χ0v) is 23.6. The van der Waals surface area contributed by atoms with Crippen LogP contribution < -0.4 is 10.6 Å². The van der Waals surface area contributed by atoms with Gasteiger partial charge in [0.25, 0.3) is 0 Å². The number of nitrogens with one attached hydrogen (secondary N) is 2. The molecule has 0 saturated heterocycles. The molecule has 2 amide bonds. The molecular formula is C21H50N3O8P. The van der Waals surface area contributed by atoms with Gasteiger partial charge in [0.15, 0.2) is 0 Å². The Labute approximate surface area is 201 Å². The molecule has 0 aromatic carbocycles. The van der Waals surface area contributed by atoms with E-state index >= 15 is 0 Å². The van der Waals surface area contributed by atoms with Gasteiger partial charge in [-0.25, -0.2) is 4.57 Å². The van der Waals surface area contributed by atoms with E-state index in [1.165, 1.54) is 7.11 Å². The Morgan fingerprint density at radius 3 is 2.00 bits per heavy atom. The minimum atomic E-state index is -3.92. The molecule has 0 aromatic rings. The van der Waals surface area contributed by atoms with E-state index in [4.69, 9.17) is 4.89 Å². The van der Waals surface area contributed by atoms with Gasteiger partial charge in [0.05, 0.1) is 25.0 Å². The van der Waals surface area contributed by atoms with Gasteiger partial charge in [-0.2, -0.15) is 0 Å². The number of hydrogen-bond donors (Lipinski definition) is 4. The summed E-state index contributed by atoms with van der Waals surface area (Å²) in [6, 6.07) is 0. The van der Waals surface area contributed by atoms with Gasteiger partial charge in [0, 0.05) is 25.5 Å². The molecule has 0 aliphatic carbocycles. The topological polar surface area (TPSA) is 156 Å². The number of amides is 2. The van der Waals surface area contributed by atoms with Crippen molar-refractivity contribution in [2.75, 3.05) is 33.9 Å². The van der Waals surface area contributed by atoms with Crippen molar-refractivity contribution in [1.29, 1.82) is 0 Å². The first kappa shape index (κ1) is 41.7. The predicted molar refractivity (Wildman–Crippen MR) is 134 cm³/mol. The van der Waals surface area contributed by atoms with Crippen molar-refractivity contribution in [3.63, 3.8) is 0 Å².